The van der Waals surface area contributed by atoms with Crippen molar-refractivity contribution in [2.24, 2.45) is 78.8 Å². The summed E-state index contributed by atoms with van der Waals surface area (Å²) in [5.41, 5.74) is 0.554. The quantitative estimate of drug-likeness (QED) is 0.0533. The maximum atomic E-state index is 14.2. The van der Waals surface area contributed by atoms with Crippen LogP contribution in [0.1, 0.15) is 222 Å². The van der Waals surface area contributed by atoms with Gasteiger partial charge in [0.1, 0.15) is 0 Å². The van der Waals surface area contributed by atoms with Gasteiger partial charge in [0.25, 0.3) is 0 Å². The number of ketones is 4. The fraction of sp³-hybridized carbons (Fsp3) is 0.684. The number of sulfonamides is 4. The average Bonchev–Trinajstić information content (AvgIpc) is 1.56. The molecule has 8 bridgehead atoms. The third-order valence-electron chi connectivity index (χ3n) is 26.1. The van der Waals surface area contributed by atoms with Gasteiger partial charge in [0.2, 0.25) is 40.1 Å². The van der Waals surface area contributed by atoms with Gasteiger partial charge in [-0.15, -0.1) is 0 Å². The summed E-state index contributed by atoms with van der Waals surface area (Å²) in [6, 6.07) is 15.5. The predicted molar refractivity (Wildman–Crippen MR) is 386 cm³/mol. The van der Waals surface area contributed by atoms with E-state index < -0.39 is 83.4 Å². The number of unbranched alkanes of at least 4 members (excludes halogenated alkanes) is 2. The summed E-state index contributed by atoms with van der Waals surface area (Å²) < 4.78 is 116. The van der Waals surface area contributed by atoms with Gasteiger partial charge < -0.3 is 0 Å². The van der Waals surface area contributed by atoms with Crippen molar-refractivity contribution >= 4 is 87.5 Å². The van der Waals surface area contributed by atoms with Crippen LogP contribution in [-0.4, -0.2) is 106 Å². The van der Waals surface area contributed by atoms with Gasteiger partial charge in [-0.3, -0.25) is 19.2 Å². The second-order valence-corrected chi connectivity index (χ2v) is 39.4. The summed E-state index contributed by atoms with van der Waals surface area (Å²) in [5.74, 6) is -0.437. The molecule has 0 amide bonds. The number of hydrogen-bond donors (Lipinski definition) is 4. The number of hydrogen-bond acceptors (Lipinski definition) is 12. The molecule has 2 aromatic carbocycles. The molecule has 10 unspecified atom stereocenters. The van der Waals surface area contributed by atoms with Crippen molar-refractivity contribution in [1.82, 2.24) is 18.9 Å². The molecule has 10 rings (SSSR count). The van der Waals surface area contributed by atoms with Gasteiger partial charge in [-0.25, -0.2) is 52.6 Å². The first-order chi connectivity index (χ1) is 44.8. The smallest absolute Gasteiger partial charge is 0.212 e. The van der Waals surface area contributed by atoms with Crippen LogP contribution in [0.4, 0.5) is 0 Å². The van der Waals surface area contributed by atoms with Crippen molar-refractivity contribution in [2.75, 3.05) is 49.2 Å². The number of carbonyl (C=O) groups is 4. The fourth-order valence-corrected chi connectivity index (χ4v) is 27.0. The summed E-state index contributed by atoms with van der Waals surface area (Å²) in [5, 5.41) is 0. The molecule has 2 aromatic rings. The standard InChI is InChI=1S/C44H68N2O6S2.C32H44N2O6S2/c1-9-13-15-31(11-3)27-45-53(49,50)29-43-23-21-37(41(43,5)6)35(39(43)47)25-33-17-19-34(20-18-33)26-36-38-22-24-44(40(36)48,42(38,7)8)30-54(51,52)46-28-32(12-4)16-14-10-2;1-7-33-41(37,38)19-31-15-13-25(29(31,3)4)23(27(31)35)17-21-9-11-22(12-10-21)18-24-26-14-16-32(28(24)36,30(26,5)6)20-42(39,40)34-8-2/h17-20,25-26,31-32,37-38,45-46H,9-16,21-24,27-30H2,1-8H3;9-12,17-18,25-26,33-34H,7-8,13-16,19-20H2,1-6H3/b35-25+,36-26+;23-17+,24-18+. The fourth-order valence-electron chi connectivity index (χ4n) is 19.5. The Kier molecular flexibility index (Phi) is 22.1. The first-order valence-corrected chi connectivity index (χ1v) is 42.6. The molecule has 0 heterocycles. The predicted octanol–water partition coefficient (Wildman–Crippen LogP) is 13.1. The molecule has 16 nitrogen and oxygen atoms in total. The maximum absolute atomic E-state index is 14.2. The zero-order chi connectivity index (χ0) is 70.7. The third-order valence-corrected chi connectivity index (χ3v) is 32.2. The van der Waals surface area contributed by atoms with Crippen LogP contribution >= 0.6 is 0 Å². The second-order valence-electron chi connectivity index (χ2n) is 32.2. The van der Waals surface area contributed by atoms with Crippen molar-refractivity contribution in [1.29, 1.82) is 0 Å². The molecule has 10 atom stereocenters. The minimum Gasteiger partial charge on any atom is -0.294 e. The van der Waals surface area contributed by atoms with Crippen LogP contribution in [0.3, 0.4) is 0 Å². The molecule has 20 heteroatoms. The Labute approximate surface area is 576 Å². The summed E-state index contributed by atoms with van der Waals surface area (Å²) in [6.07, 6.45) is 21.2. The highest BCUT2D eigenvalue weighted by Crippen LogP contribution is 2.70. The van der Waals surface area contributed by atoms with Gasteiger partial charge in [-0.1, -0.05) is 184 Å². The molecule has 8 saturated carbocycles. The highest BCUT2D eigenvalue weighted by Gasteiger charge is 2.71. The van der Waals surface area contributed by atoms with Crippen molar-refractivity contribution in [3.05, 3.63) is 93.1 Å². The Hall–Kier alpha value is -4.28. The summed E-state index contributed by atoms with van der Waals surface area (Å²) in [6.45, 7) is 29.7. The van der Waals surface area contributed by atoms with E-state index in [-0.39, 0.29) is 69.8 Å². The molecule has 532 valence electrons. The minimum absolute atomic E-state index is 0.00724. The van der Waals surface area contributed by atoms with Crippen molar-refractivity contribution < 1.29 is 52.8 Å². The molecule has 0 aliphatic heterocycles. The zero-order valence-corrected chi connectivity index (χ0v) is 63.2. The number of benzene rings is 2. The lowest BCUT2D eigenvalue weighted by molar-refractivity contribution is -0.125. The molecule has 8 aliphatic carbocycles. The van der Waals surface area contributed by atoms with Crippen LogP contribution in [0.5, 0.6) is 0 Å². The second kappa shape index (κ2) is 27.9. The van der Waals surface area contributed by atoms with Gasteiger partial charge in [-0.05, 0) is 168 Å². The van der Waals surface area contributed by atoms with E-state index in [0.717, 1.165) is 99.3 Å². The lowest BCUT2D eigenvalue weighted by Crippen LogP contribution is -2.46. The van der Waals surface area contributed by atoms with Gasteiger partial charge >= 0.3 is 0 Å². The van der Waals surface area contributed by atoms with E-state index in [1.165, 1.54) is 0 Å². The van der Waals surface area contributed by atoms with E-state index in [2.05, 4.69) is 74.3 Å². The number of nitrogens with one attached hydrogen (secondary N) is 4. The minimum atomic E-state index is -3.67. The van der Waals surface area contributed by atoms with Gasteiger partial charge in [0.05, 0.1) is 44.7 Å². The number of carbonyl (C=O) groups excluding carboxylic acids is 4. The van der Waals surface area contributed by atoms with Gasteiger partial charge in [0, 0.05) is 48.5 Å². The Morgan fingerprint density at radius 2 is 0.594 bits per heavy atom. The van der Waals surface area contributed by atoms with Crippen molar-refractivity contribution in [3.63, 3.8) is 0 Å². The molecular formula is C76H112N4O12S4. The Bertz CT molecular complexity index is 3670. The highest BCUT2D eigenvalue weighted by atomic mass is 32.2. The van der Waals surface area contributed by atoms with E-state index in [0.29, 0.717) is 86.0 Å². The largest absolute Gasteiger partial charge is 0.294 e. The van der Waals surface area contributed by atoms with E-state index >= 15 is 0 Å². The van der Waals surface area contributed by atoms with Crippen LogP contribution in [0.2, 0.25) is 0 Å². The summed E-state index contributed by atoms with van der Waals surface area (Å²) >= 11 is 0. The monoisotopic (exact) mass is 1400 g/mol. The van der Waals surface area contributed by atoms with Gasteiger partial charge in [0.15, 0.2) is 23.1 Å². The topological polar surface area (TPSA) is 253 Å². The summed E-state index contributed by atoms with van der Waals surface area (Å²) in [7, 11) is -14.5. The lowest BCUT2D eigenvalue weighted by Gasteiger charge is -2.35. The van der Waals surface area contributed by atoms with Crippen LogP contribution in [0.25, 0.3) is 24.3 Å². The molecule has 96 heavy (non-hydrogen) atoms. The SMILES string of the molecule is CCCCC(CC)CNS(=O)(=O)CC12CCC(/C(=C\c3ccc(/C=C4/C(=O)C5(CS(=O)(=O)NCC(CC)CCCC)CCC4C5(C)C)cc3)C1=O)C2(C)C.CCNS(=O)(=O)CC12CCC(/C(=C\c3ccc(/C=C4/C(=O)C5(CS(=O)(=O)NCC)CCC4C5(C)C)cc3)C1=O)C2(C)C. The van der Waals surface area contributed by atoms with E-state index in [4.69, 9.17) is 0 Å². The first kappa shape index (κ1) is 75.9. The van der Waals surface area contributed by atoms with Crippen LogP contribution in [0, 0.1) is 78.8 Å². The molecule has 4 N–H and O–H groups in total. The van der Waals surface area contributed by atoms with Crippen LogP contribution < -0.4 is 18.9 Å². The van der Waals surface area contributed by atoms with E-state index in [1.54, 1.807) is 13.8 Å². The molecule has 0 aromatic heterocycles. The Morgan fingerprint density at radius 3 is 0.792 bits per heavy atom. The normalized spacial score (nSPS) is 31.4. The molecule has 0 radical (unpaired) electrons. The lowest BCUT2D eigenvalue weighted by atomic mass is 9.70. The van der Waals surface area contributed by atoms with Crippen molar-refractivity contribution in [2.45, 2.75) is 200 Å². The van der Waals surface area contributed by atoms with E-state index in [9.17, 15) is 52.8 Å². The molecule has 8 fully saturated rings. The molecule has 8 aliphatic rings. The first-order valence-electron chi connectivity index (χ1n) is 36.0. The maximum Gasteiger partial charge on any atom is 0.212 e. The summed E-state index contributed by atoms with van der Waals surface area (Å²) in [4.78, 5) is 55.9. The zero-order valence-electron chi connectivity index (χ0n) is 59.9. The van der Waals surface area contributed by atoms with Gasteiger partial charge in [-0.2, -0.15) is 0 Å². The Morgan fingerprint density at radius 1 is 0.375 bits per heavy atom. The number of Topliss-reactive ketones (excluding diaryl/α,β-unsaturated/α-hetero) is 4. The number of allylic oxidation sites excluding steroid dienone is 4. The van der Waals surface area contributed by atoms with Crippen LogP contribution in [0.15, 0.2) is 70.8 Å². The average molecular weight is 1400 g/mol. The number of fused-ring (bicyclic) bond motifs is 8. The molecule has 0 spiro atoms. The molecule has 0 saturated heterocycles. The van der Waals surface area contributed by atoms with Crippen LogP contribution in [-0.2, 0) is 59.3 Å². The number of rotatable bonds is 30. The molecular weight excluding hydrogens is 1290 g/mol. The highest BCUT2D eigenvalue weighted by molar-refractivity contribution is 7.90. The Balaban J connectivity index is 0.000000232. The third kappa shape index (κ3) is 13.6. The van der Waals surface area contributed by atoms with E-state index in [1.807, 2.05) is 101 Å². The van der Waals surface area contributed by atoms with Crippen molar-refractivity contribution in [3.8, 4) is 0 Å².